The lowest BCUT2D eigenvalue weighted by Crippen LogP contribution is -2.57. The van der Waals surface area contributed by atoms with E-state index in [1.54, 1.807) is 23.1 Å². The minimum Gasteiger partial charge on any atom is -0.389 e. The third-order valence-corrected chi connectivity index (χ3v) is 7.10. The monoisotopic (exact) mass is 618 g/mol. The molecule has 0 aliphatic rings. The van der Waals surface area contributed by atoms with Gasteiger partial charge in [0.2, 0.25) is 11.8 Å². The molecular weight excluding hydrogens is 572 g/mol. The van der Waals surface area contributed by atoms with Crippen molar-refractivity contribution >= 4 is 34.7 Å². The van der Waals surface area contributed by atoms with Crippen molar-refractivity contribution in [2.24, 2.45) is 11.7 Å². The number of pyridine rings is 1. The summed E-state index contributed by atoms with van der Waals surface area (Å²) >= 11 is 0. The SMILES string of the molecule is CC(C)CCN(C[C@H](O)[C@H](Cc1ccccc1)NC(=O)[C@H](CC(N)=O)NC(=O)c1ccc2ccccc2n1)C(=O)NC(C)(C)C. The normalized spacial score (nSPS) is 13.5. The van der Waals surface area contributed by atoms with E-state index in [0.29, 0.717) is 18.0 Å². The van der Waals surface area contributed by atoms with Crippen molar-refractivity contribution in [3.63, 3.8) is 0 Å². The highest BCUT2D eigenvalue weighted by atomic mass is 16.3. The number of carbonyl (C=O) groups excluding carboxylic acids is 4. The molecular formula is C34H46N6O5. The number of primary amides is 1. The summed E-state index contributed by atoms with van der Waals surface area (Å²) in [5.41, 5.74) is 6.48. The van der Waals surface area contributed by atoms with E-state index in [0.717, 1.165) is 17.4 Å². The number of fused-ring (bicyclic) bond motifs is 1. The molecule has 0 bridgehead atoms. The maximum absolute atomic E-state index is 13.6. The fourth-order valence-electron chi connectivity index (χ4n) is 4.71. The number of amides is 5. The van der Waals surface area contributed by atoms with E-state index in [9.17, 15) is 24.3 Å². The van der Waals surface area contributed by atoms with Gasteiger partial charge in [0.25, 0.3) is 5.91 Å². The van der Waals surface area contributed by atoms with Crippen molar-refractivity contribution in [3.05, 3.63) is 78.0 Å². The summed E-state index contributed by atoms with van der Waals surface area (Å²) in [5.74, 6) is -1.82. The number of benzene rings is 2. The van der Waals surface area contributed by atoms with Gasteiger partial charge in [0.1, 0.15) is 11.7 Å². The third kappa shape index (κ3) is 11.5. The largest absolute Gasteiger partial charge is 0.389 e. The number of aliphatic hydroxyl groups excluding tert-OH is 1. The number of aromatic nitrogens is 1. The van der Waals surface area contributed by atoms with Crippen LogP contribution in [-0.4, -0.2) is 75.6 Å². The predicted molar refractivity (Wildman–Crippen MR) is 174 cm³/mol. The molecule has 0 radical (unpaired) electrons. The fourth-order valence-corrected chi connectivity index (χ4v) is 4.71. The molecule has 1 aromatic heterocycles. The van der Waals surface area contributed by atoms with Gasteiger partial charge in [-0.05, 0) is 57.2 Å². The van der Waals surface area contributed by atoms with Crippen LogP contribution in [-0.2, 0) is 16.0 Å². The van der Waals surface area contributed by atoms with Crippen LogP contribution < -0.4 is 21.7 Å². The number of para-hydroxylation sites is 1. The maximum Gasteiger partial charge on any atom is 0.317 e. The standard InChI is InChI=1S/C34H46N6O5/c1-22(2)17-18-40(33(45)39-34(3,4)5)21-29(41)27(19-23-11-7-6-8-12-23)37-32(44)28(20-30(35)42)38-31(43)26-16-15-24-13-9-10-14-25(24)36-26/h6-16,22,27-29,41H,17-21H2,1-5H3,(H2,35,42)(H,37,44)(H,38,43)(H,39,45)/t27-,28-,29-/m0/s1. The molecule has 6 N–H and O–H groups in total. The molecule has 0 fully saturated rings. The Morgan fingerprint density at radius 2 is 1.60 bits per heavy atom. The Kier molecular flexibility index (Phi) is 12.4. The Morgan fingerprint density at radius 1 is 0.933 bits per heavy atom. The van der Waals surface area contributed by atoms with Crippen LogP contribution in [0.15, 0.2) is 66.7 Å². The lowest BCUT2D eigenvalue weighted by Gasteiger charge is -2.33. The molecule has 45 heavy (non-hydrogen) atoms. The average molecular weight is 619 g/mol. The zero-order chi connectivity index (χ0) is 33.1. The molecule has 0 saturated carbocycles. The van der Waals surface area contributed by atoms with Crippen LogP contribution in [0.1, 0.15) is 63.5 Å². The first-order chi connectivity index (χ1) is 21.2. The van der Waals surface area contributed by atoms with Gasteiger partial charge in [-0.2, -0.15) is 0 Å². The second-order valence-corrected chi connectivity index (χ2v) is 12.8. The van der Waals surface area contributed by atoms with E-state index < -0.39 is 47.9 Å². The zero-order valence-corrected chi connectivity index (χ0v) is 26.7. The average Bonchev–Trinajstić information content (AvgIpc) is 2.97. The summed E-state index contributed by atoms with van der Waals surface area (Å²) in [4.78, 5) is 57.8. The first-order valence-electron chi connectivity index (χ1n) is 15.3. The first-order valence-corrected chi connectivity index (χ1v) is 15.3. The Bertz CT molecular complexity index is 1460. The molecule has 0 saturated heterocycles. The highest BCUT2D eigenvalue weighted by Gasteiger charge is 2.31. The molecule has 0 aliphatic heterocycles. The minimum atomic E-state index is -1.32. The van der Waals surface area contributed by atoms with E-state index in [2.05, 4.69) is 34.8 Å². The second-order valence-electron chi connectivity index (χ2n) is 12.8. The van der Waals surface area contributed by atoms with Gasteiger partial charge in [-0.1, -0.05) is 68.4 Å². The molecule has 5 amide bonds. The fraction of sp³-hybridized carbons (Fsp3) is 0.441. The molecule has 0 spiro atoms. The Hall–Kier alpha value is -4.51. The maximum atomic E-state index is 13.6. The van der Waals surface area contributed by atoms with Crippen molar-refractivity contribution in [2.45, 2.75) is 77.6 Å². The molecule has 11 heteroatoms. The summed E-state index contributed by atoms with van der Waals surface area (Å²) < 4.78 is 0. The Labute approximate surface area is 265 Å². The van der Waals surface area contributed by atoms with Crippen LogP contribution in [0.3, 0.4) is 0 Å². The van der Waals surface area contributed by atoms with Gasteiger partial charge in [0.15, 0.2) is 0 Å². The third-order valence-electron chi connectivity index (χ3n) is 7.10. The number of rotatable bonds is 14. The van der Waals surface area contributed by atoms with Gasteiger partial charge in [-0.15, -0.1) is 0 Å². The lowest BCUT2D eigenvalue weighted by atomic mass is 9.99. The van der Waals surface area contributed by atoms with Crippen molar-refractivity contribution in [1.82, 2.24) is 25.8 Å². The lowest BCUT2D eigenvalue weighted by molar-refractivity contribution is -0.128. The van der Waals surface area contributed by atoms with Crippen molar-refractivity contribution < 1.29 is 24.3 Å². The molecule has 0 aliphatic carbocycles. The van der Waals surface area contributed by atoms with E-state index in [1.807, 2.05) is 63.2 Å². The quantitative estimate of drug-likeness (QED) is 0.186. The van der Waals surface area contributed by atoms with Gasteiger partial charge in [0.05, 0.1) is 30.6 Å². The van der Waals surface area contributed by atoms with Crippen molar-refractivity contribution in [1.29, 1.82) is 0 Å². The molecule has 3 aromatic rings. The van der Waals surface area contributed by atoms with Gasteiger partial charge in [-0.3, -0.25) is 14.4 Å². The molecule has 0 unspecified atom stereocenters. The molecule has 2 aromatic carbocycles. The Morgan fingerprint density at radius 3 is 2.24 bits per heavy atom. The molecule has 11 nitrogen and oxygen atoms in total. The molecule has 242 valence electrons. The van der Waals surface area contributed by atoms with Crippen LogP contribution in [0, 0.1) is 5.92 Å². The summed E-state index contributed by atoms with van der Waals surface area (Å²) in [6.07, 6.45) is -0.696. The highest BCUT2D eigenvalue weighted by Crippen LogP contribution is 2.14. The van der Waals surface area contributed by atoms with Crippen LogP contribution >= 0.6 is 0 Å². The number of nitrogens with one attached hydrogen (secondary N) is 3. The Balaban J connectivity index is 1.83. The molecule has 3 rings (SSSR count). The number of hydrogen-bond donors (Lipinski definition) is 5. The van der Waals surface area contributed by atoms with Crippen LogP contribution in [0.25, 0.3) is 10.9 Å². The number of aliphatic hydroxyl groups is 1. The van der Waals surface area contributed by atoms with Crippen molar-refractivity contribution in [3.8, 4) is 0 Å². The first kappa shape index (κ1) is 35.0. The number of hydrogen-bond acceptors (Lipinski definition) is 6. The van der Waals surface area contributed by atoms with E-state index in [1.165, 1.54) is 6.07 Å². The highest BCUT2D eigenvalue weighted by molar-refractivity contribution is 5.99. The number of nitrogens with two attached hydrogens (primary N) is 1. The molecule has 1 heterocycles. The summed E-state index contributed by atoms with van der Waals surface area (Å²) in [5, 5.41) is 20.7. The van der Waals surface area contributed by atoms with Gasteiger partial charge >= 0.3 is 6.03 Å². The van der Waals surface area contributed by atoms with Gasteiger partial charge in [0, 0.05) is 17.5 Å². The van der Waals surface area contributed by atoms with E-state index >= 15 is 0 Å². The smallest absolute Gasteiger partial charge is 0.317 e. The van der Waals surface area contributed by atoms with Crippen LogP contribution in [0.2, 0.25) is 0 Å². The van der Waals surface area contributed by atoms with Gasteiger partial charge < -0.3 is 31.7 Å². The van der Waals surface area contributed by atoms with Crippen molar-refractivity contribution in [2.75, 3.05) is 13.1 Å². The summed E-state index contributed by atoms with van der Waals surface area (Å²) in [6, 6.07) is 17.3. The number of carbonyl (C=O) groups is 4. The summed E-state index contributed by atoms with van der Waals surface area (Å²) in [6.45, 7) is 10.1. The number of urea groups is 1. The van der Waals surface area contributed by atoms with Crippen LogP contribution in [0.5, 0.6) is 0 Å². The topological polar surface area (TPSA) is 167 Å². The van der Waals surface area contributed by atoms with E-state index in [4.69, 9.17) is 5.73 Å². The zero-order valence-electron chi connectivity index (χ0n) is 26.7. The van der Waals surface area contributed by atoms with Gasteiger partial charge in [-0.25, -0.2) is 9.78 Å². The predicted octanol–water partition coefficient (Wildman–Crippen LogP) is 3.15. The summed E-state index contributed by atoms with van der Waals surface area (Å²) in [7, 11) is 0. The molecule has 3 atom stereocenters. The second kappa shape index (κ2) is 16.0. The number of nitrogens with zero attached hydrogens (tertiary/aromatic N) is 2. The van der Waals surface area contributed by atoms with E-state index in [-0.39, 0.29) is 24.7 Å². The van der Waals surface area contributed by atoms with Crippen LogP contribution in [0.4, 0.5) is 4.79 Å². The minimum absolute atomic E-state index is 0.0553.